The summed E-state index contributed by atoms with van der Waals surface area (Å²) in [5, 5.41) is 6.38. The Morgan fingerprint density at radius 1 is 1.42 bits per heavy atom. The van der Waals surface area contributed by atoms with Crippen molar-refractivity contribution in [2.45, 2.75) is 58.6 Å². The first-order chi connectivity index (χ1) is 9.08. The van der Waals surface area contributed by atoms with Gasteiger partial charge in [-0.3, -0.25) is 4.79 Å². The largest absolute Gasteiger partial charge is 0.378 e. The molecule has 0 aromatic carbocycles. The molecule has 0 saturated heterocycles. The lowest BCUT2D eigenvalue weighted by Crippen LogP contribution is -2.67. The zero-order chi connectivity index (χ0) is 13.9. The molecule has 2 aliphatic carbocycles. The van der Waals surface area contributed by atoms with Crippen molar-refractivity contribution in [3.05, 3.63) is 0 Å². The molecule has 2 saturated carbocycles. The number of amides is 1. The van der Waals surface area contributed by atoms with Crippen molar-refractivity contribution in [1.82, 2.24) is 10.6 Å². The summed E-state index contributed by atoms with van der Waals surface area (Å²) < 4.78 is 5.81. The third-order valence-corrected chi connectivity index (χ3v) is 4.65. The van der Waals surface area contributed by atoms with Gasteiger partial charge >= 0.3 is 0 Å². The summed E-state index contributed by atoms with van der Waals surface area (Å²) in [7, 11) is 0. The lowest BCUT2D eigenvalue weighted by atomic mass is 9.51. The number of ether oxygens (including phenoxy) is 1. The zero-order valence-corrected chi connectivity index (χ0v) is 12.5. The highest BCUT2D eigenvalue weighted by atomic mass is 16.5. The van der Waals surface area contributed by atoms with Crippen LogP contribution in [0.2, 0.25) is 0 Å². The van der Waals surface area contributed by atoms with Crippen LogP contribution < -0.4 is 10.6 Å². The first kappa shape index (κ1) is 14.8. The zero-order valence-electron chi connectivity index (χ0n) is 12.5. The number of hydrogen-bond acceptors (Lipinski definition) is 3. The van der Waals surface area contributed by atoms with E-state index in [1.54, 1.807) is 0 Å². The lowest BCUT2D eigenvalue weighted by Gasteiger charge is -2.61. The van der Waals surface area contributed by atoms with Crippen LogP contribution in [0.5, 0.6) is 0 Å². The molecule has 0 aromatic heterocycles. The number of hydrogen-bond donors (Lipinski definition) is 2. The van der Waals surface area contributed by atoms with E-state index >= 15 is 0 Å². The fourth-order valence-corrected chi connectivity index (χ4v) is 3.32. The van der Waals surface area contributed by atoms with Crippen LogP contribution in [-0.2, 0) is 9.53 Å². The minimum atomic E-state index is 0.114. The van der Waals surface area contributed by atoms with Crippen LogP contribution in [0.1, 0.15) is 46.5 Å². The number of carbonyl (C=O) groups excluding carboxylic acids is 1. The second-order valence-corrected chi connectivity index (χ2v) is 6.40. The van der Waals surface area contributed by atoms with Gasteiger partial charge in [0.1, 0.15) is 0 Å². The Hall–Kier alpha value is -0.610. The maximum absolute atomic E-state index is 11.7. The molecule has 19 heavy (non-hydrogen) atoms. The molecular weight excluding hydrogens is 240 g/mol. The minimum absolute atomic E-state index is 0.114. The van der Waals surface area contributed by atoms with Crippen molar-refractivity contribution in [2.75, 3.05) is 19.7 Å². The summed E-state index contributed by atoms with van der Waals surface area (Å²) in [5.74, 6) is 0.621. The second-order valence-electron chi connectivity index (χ2n) is 6.40. The van der Waals surface area contributed by atoms with E-state index in [1.165, 1.54) is 19.3 Å². The maximum Gasteiger partial charge on any atom is 0.233 e. The molecule has 0 aliphatic heterocycles. The number of rotatable bonds is 7. The first-order valence-electron chi connectivity index (χ1n) is 7.70. The van der Waals surface area contributed by atoms with Crippen LogP contribution in [0.4, 0.5) is 0 Å². The highest BCUT2D eigenvalue weighted by molar-refractivity contribution is 5.78. The quantitative estimate of drug-likeness (QED) is 0.739. The molecule has 4 nitrogen and oxygen atoms in total. The summed E-state index contributed by atoms with van der Waals surface area (Å²) in [6.45, 7) is 8.28. The Bertz CT molecular complexity index is 313. The SMILES string of the molecule is CCOC1CC(NCC(=O)NCC(C)C)C12CCC2. The van der Waals surface area contributed by atoms with Crippen LogP contribution in [0.15, 0.2) is 0 Å². The van der Waals surface area contributed by atoms with E-state index in [9.17, 15) is 4.79 Å². The molecule has 0 heterocycles. The highest BCUT2D eigenvalue weighted by Crippen LogP contribution is 2.57. The molecule has 2 atom stereocenters. The normalized spacial score (nSPS) is 28.0. The molecule has 2 rings (SSSR count). The maximum atomic E-state index is 11.7. The van der Waals surface area contributed by atoms with Gasteiger partial charge in [0.25, 0.3) is 0 Å². The molecular formula is C15H28N2O2. The van der Waals surface area contributed by atoms with Crippen molar-refractivity contribution < 1.29 is 9.53 Å². The molecule has 1 amide bonds. The Balaban J connectivity index is 1.71. The minimum Gasteiger partial charge on any atom is -0.378 e. The summed E-state index contributed by atoms with van der Waals surface area (Å²) in [6, 6.07) is 0.475. The third-order valence-electron chi connectivity index (χ3n) is 4.65. The van der Waals surface area contributed by atoms with E-state index in [4.69, 9.17) is 4.74 Å². The molecule has 0 bridgehead atoms. The Kier molecular flexibility index (Phi) is 4.85. The van der Waals surface area contributed by atoms with E-state index in [0.717, 1.165) is 19.6 Å². The van der Waals surface area contributed by atoms with Gasteiger partial charge in [-0.15, -0.1) is 0 Å². The van der Waals surface area contributed by atoms with Crippen molar-refractivity contribution >= 4 is 5.91 Å². The van der Waals surface area contributed by atoms with E-state index in [-0.39, 0.29) is 5.91 Å². The van der Waals surface area contributed by atoms with Crippen molar-refractivity contribution in [2.24, 2.45) is 11.3 Å². The first-order valence-corrected chi connectivity index (χ1v) is 7.70. The standard InChI is InChI=1S/C15H28N2O2/c1-4-19-13-8-12(15(13)6-5-7-15)16-10-14(18)17-9-11(2)3/h11-13,16H,4-10H2,1-3H3,(H,17,18). The predicted molar refractivity (Wildman–Crippen MR) is 76.0 cm³/mol. The summed E-state index contributed by atoms with van der Waals surface area (Å²) >= 11 is 0. The van der Waals surface area contributed by atoms with Gasteiger partial charge in [0.15, 0.2) is 0 Å². The average molecular weight is 268 g/mol. The Morgan fingerprint density at radius 2 is 2.16 bits per heavy atom. The molecule has 2 N–H and O–H groups in total. The predicted octanol–water partition coefficient (Wildman–Crippen LogP) is 1.70. The van der Waals surface area contributed by atoms with Crippen molar-refractivity contribution in [3.63, 3.8) is 0 Å². The molecule has 2 unspecified atom stereocenters. The molecule has 2 fully saturated rings. The molecule has 110 valence electrons. The number of carbonyl (C=O) groups is 1. The van der Waals surface area contributed by atoms with Gasteiger partial charge in [0, 0.05) is 24.6 Å². The average Bonchev–Trinajstić information content (AvgIpc) is 2.28. The van der Waals surface area contributed by atoms with Crippen molar-refractivity contribution in [1.29, 1.82) is 0 Å². The topological polar surface area (TPSA) is 50.4 Å². The summed E-state index contributed by atoms with van der Waals surface area (Å²) in [5.41, 5.74) is 0.342. The molecule has 0 radical (unpaired) electrons. The van der Waals surface area contributed by atoms with Crippen LogP contribution in [0.25, 0.3) is 0 Å². The van der Waals surface area contributed by atoms with Gasteiger partial charge in [0.05, 0.1) is 12.6 Å². The highest BCUT2D eigenvalue weighted by Gasteiger charge is 2.58. The lowest BCUT2D eigenvalue weighted by molar-refractivity contribution is -0.173. The summed E-state index contributed by atoms with van der Waals surface area (Å²) in [4.78, 5) is 11.7. The monoisotopic (exact) mass is 268 g/mol. The van der Waals surface area contributed by atoms with Crippen LogP contribution in [0, 0.1) is 11.3 Å². The third kappa shape index (κ3) is 3.11. The van der Waals surface area contributed by atoms with E-state index in [2.05, 4.69) is 31.4 Å². The fourth-order valence-electron chi connectivity index (χ4n) is 3.32. The van der Waals surface area contributed by atoms with Crippen LogP contribution >= 0.6 is 0 Å². The summed E-state index contributed by atoms with van der Waals surface area (Å²) in [6.07, 6.45) is 5.29. The van der Waals surface area contributed by atoms with Crippen molar-refractivity contribution in [3.8, 4) is 0 Å². The molecule has 0 aromatic rings. The fraction of sp³-hybridized carbons (Fsp3) is 0.933. The van der Waals surface area contributed by atoms with Gasteiger partial charge in [-0.05, 0) is 32.1 Å². The van der Waals surface area contributed by atoms with Crippen LogP contribution in [0.3, 0.4) is 0 Å². The van der Waals surface area contributed by atoms with Crippen LogP contribution in [-0.4, -0.2) is 37.7 Å². The Labute approximate surface area is 116 Å². The van der Waals surface area contributed by atoms with Gasteiger partial charge in [-0.1, -0.05) is 20.3 Å². The molecule has 1 spiro atoms. The second kappa shape index (κ2) is 6.23. The smallest absolute Gasteiger partial charge is 0.233 e. The Morgan fingerprint density at radius 3 is 2.68 bits per heavy atom. The van der Waals surface area contributed by atoms with E-state index in [0.29, 0.717) is 30.0 Å². The van der Waals surface area contributed by atoms with Gasteiger partial charge in [-0.2, -0.15) is 0 Å². The van der Waals surface area contributed by atoms with Gasteiger partial charge in [-0.25, -0.2) is 0 Å². The molecule has 2 aliphatic rings. The van der Waals surface area contributed by atoms with E-state index in [1.807, 2.05) is 0 Å². The molecule has 4 heteroatoms. The number of nitrogens with one attached hydrogen (secondary N) is 2. The van der Waals surface area contributed by atoms with E-state index < -0.39 is 0 Å². The van der Waals surface area contributed by atoms with Gasteiger partial charge < -0.3 is 15.4 Å². The van der Waals surface area contributed by atoms with Gasteiger partial charge in [0.2, 0.25) is 5.91 Å².